The van der Waals surface area contributed by atoms with Crippen LogP contribution in [0.1, 0.15) is 16.7 Å². The highest BCUT2D eigenvalue weighted by Crippen LogP contribution is 2.36. The van der Waals surface area contributed by atoms with Crippen LogP contribution in [0, 0.1) is 0 Å². The standard InChI is InChI=1S/C17H18ClN5OS/c18-13-6-11-9-24-8-10-2-1-3-12(15(10)11)16(13)14-7-23(20)22-17(21-14)25-5-4-19/h1-3,6H,4-5,7-9,19-20H2. The Bertz CT molecular complexity index is 898. The van der Waals surface area contributed by atoms with E-state index >= 15 is 0 Å². The number of hydrogen-bond donors (Lipinski definition) is 2. The lowest BCUT2D eigenvalue weighted by Gasteiger charge is -2.24. The topological polar surface area (TPSA) is 89.2 Å². The third kappa shape index (κ3) is 3.14. The molecule has 0 aromatic heterocycles. The summed E-state index contributed by atoms with van der Waals surface area (Å²) in [6.45, 7) is 2.14. The van der Waals surface area contributed by atoms with Crippen molar-refractivity contribution in [2.75, 3.05) is 18.8 Å². The first-order chi connectivity index (χ1) is 12.2. The second kappa shape index (κ2) is 6.93. The molecule has 2 aliphatic heterocycles. The van der Waals surface area contributed by atoms with Crippen molar-refractivity contribution in [2.45, 2.75) is 13.2 Å². The molecule has 0 saturated carbocycles. The fourth-order valence-electron chi connectivity index (χ4n) is 3.23. The van der Waals surface area contributed by atoms with Crippen molar-refractivity contribution in [3.05, 3.63) is 46.0 Å². The second-order valence-corrected chi connectivity index (χ2v) is 7.37. The van der Waals surface area contributed by atoms with Gasteiger partial charge in [-0.05, 0) is 28.0 Å². The van der Waals surface area contributed by atoms with Crippen LogP contribution in [0.3, 0.4) is 0 Å². The molecule has 6 nitrogen and oxygen atoms in total. The van der Waals surface area contributed by atoms with Gasteiger partial charge in [-0.15, -0.1) is 5.10 Å². The number of benzene rings is 2. The molecule has 0 fully saturated rings. The fourth-order valence-corrected chi connectivity index (χ4v) is 4.21. The first-order valence-corrected chi connectivity index (χ1v) is 9.36. The van der Waals surface area contributed by atoms with Gasteiger partial charge in [0.1, 0.15) is 0 Å². The fraction of sp³-hybridized carbons (Fsp3) is 0.294. The Morgan fingerprint density at radius 3 is 2.96 bits per heavy atom. The van der Waals surface area contributed by atoms with E-state index in [0.29, 0.717) is 36.5 Å². The highest BCUT2D eigenvalue weighted by molar-refractivity contribution is 8.13. The van der Waals surface area contributed by atoms with Gasteiger partial charge >= 0.3 is 0 Å². The van der Waals surface area contributed by atoms with Gasteiger partial charge in [-0.1, -0.05) is 41.6 Å². The van der Waals surface area contributed by atoms with E-state index in [0.717, 1.165) is 28.0 Å². The first-order valence-electron chi connectivity index (χ1n) is 7.99. The summed E-state index contributed by atoms with van der Waals surface area (Å²) >= 11 is 8.12. The Labute approximate surface area is 154 Å². The molecule has 0 bridgehead atoms. The quantitative estimate of drug-likeness (QED) is 0.804. The maximum atomic E-state index is 6.63. The number of hydrogen-bond acceptors (Lipinski definition) is 7. The summed E-state index contributed by atoms with van der Waals surface area (Å²) in [5.74, 6) is 6.71. The van der Waals surface area contributed by atoms with Crippen LogP contribution in [0.15, 0.2) is 34.4 Å². The molecular weight excluding hydrogens is 358 g/mol. The highest BCUT2D eigenvalue weighted by atomic mass is 35.5. The van der Waals surface area contributed by atoms with E-state index in [2.05, 4.69) is 17.2 Å². The minimum atomic E-state index is 0.404. The molecule has 8 heteroatoms. The molecule has 4 N–H and O–H groups in total. The van der Waals surface area contributed by atoms with Crippen LogP contribution in [0.2, 0.25) is 5.02 Å². The Balaban J connectivity index is 1.87. The van der Waals surface area contributed by atoms with Crippen molar-refractivity contribution >= 4 is 45.0 Å². The van der Waals surface area contributed by atoms with Crippen molar-refractivity contribution in [1.82, 2.24) is 5.12 Å². The molecule has 25 heavy (non-hydrogen) atoms. The monoisotopic (exact) mass is 375 g/mol. The van der Waals surface area contributed by atoms with Gasteiger partial charge < -0.3 is 10.5 Å². The van der Waals surface area contributed by atoms with Gasteiger partial charge in [0.05, 0.1) is 30.5 Å². The van der Waals surface area contributed by atoms with E-state index in [4.69, 9.17) is 32.9 Å². The smallest absolute Gasteiger partial charge is 0.208 e. The summed E-state index contributed by atoms with van der Waals surface area (Å²) in [6.07, 6.45) is 0. The molecule has 0 radical (unpaired) electrons. The lowest BCUT2D eigenvalue weighted by Crippen LogP contribution is -2.36. The summed E-state index contributed by atoms with van der Waals surface area (Å²) in [5.41, 5.74) is 9.59. The number of thioether (sulfide) groups is 1. The number of ether oxygens (including phenoxy) is 1. The number of rotatable bonds is 3. The van der Waals surface area contributed by atoms with E-state index in [1.165, 1.54) is 27.8 Å². The molecule has 4 rings (SSSR count). The van der Waals surface area contributed by atoms with Crippen molar-refractivity contribution in [3.8, 4) is 0 Å². The Hall–Kier alpha value is -1.64. The van der Waals surface area contributed by atoms with Gasteiger partial charge in [0.25, 0.3) is 0 Å². The molecule has 0 spiro atoms. The third-order valence-corrected chi connectivity index (χ3v) is 5.36. The molecule has 2 aromatic carbocycles. The minimum absolute atomic E-state index is 0.404. The largest absolute Gasteiger partial charge is 0.372 e. The van der Waals surface area contributed by atoms with E-state index in [1.807, 2.05) is 12.1 Å². The molecule has 0 atom stereocenters. The number of hydrazone groups is 1. The number of aliphatic imine (C=N–C) groups is 1. The zero-order valence-corrected chi connectivity index (χ0v) is 15.1. The molecule has 2 aromatic rings. The van der Waals surface area contributed by atoms with Crippen molar-refractivity contribution in [1.29, 1.82) is 0 Å². The number of amidine groups is 1. The maximum Gasteiger partial charge on any atom is 0.208 e. The Kier molecular flexibility index (Phi) is 4.66. The van der Waals surface area contributed by atoms with Crippen LogP contribution in [-0.4, -0.2) is 34.8 Å². The molecule has 0 amide bonds. The lowest BCUT2D eigenvalue weighted by atomic mass is 9.92. The van der Waals surface area contributed by atoms with Crippen LogP contribution in [0.5, 0.6) is 0 Å². The zero-order valence-electron chi connectivity index (χ0n) is 13.5. The average Bonchev–Trinajstić information content (AvgIpc) is 2.60. The molecule has 0 unspecified atom stereocenters. The van der Waals surface area contributed by atoms with Gasteiger partial charge in [0, 0.05) is 17.9 Å². The van der Waals surface area contributed by atoms with Crippen LogP contribution in [0.4, 0.5) is 0 Å². The van der Waals surface area contributed by atoms with Crippen molar-refractivity contribution in [2.24, 2.45) is 21.7 Å². The number of nitrogens with zero attached hydrogens (tertiary/aromatic N) is 3. The van der Waals surface area contributed by atoms with E-state index < -0.39 is 0 Å². The number of hydrazine groups is 1. The first kappa shape index (κ1) is 16.8. The van der Waals surface area contributed by atoms with Crippen LogP contribution >= 0.6 is 23.4 Å². The van der Waals surface area contributed by atoms with Gasteiger partial charge in [-0.3, -0.25) is 0 Å². The molecule has 2 aliphatic rings. The SMILES string of the molecule is NCCSC1=NN(N)CC(c2c(Cl)cc3c4c(cccc24)COC3)=N1. The molecular formula is C17H18ClN5OS. The second-order valence-electron chi connectivity index (χ2n) is 5.90. The minimum Gasteiger partial charge on any atom is -0.372 e. The van der Waals surface area contributed by atoms with E-state index in [1.54, 1.807) is 0 Å². The number of halogens is 1. The normalized spacial score (nSPS) is 16.8. The van der Waals surface area contributed by atoms with Crippen molar-refractivity contribution < 1.29 is 4.74 Å². The summed E-state index contributed by atoms with van der Waals surface area (Å²) in [5, 5.41) is 9.20. The third-order valence-electron chi connectivity index (χ3n) is 4.19. The number of nitrogens with two attached hydrogens (primary N) is 2. The summed E-state index contributed by atoms with van der Waals surface area (Å²) in [6, 6.07) is 8.17. The molecule has 2 heterocycles. The van der Waals surface area contributed by atoms with Gasteiger partial charge in [0.15, 0.2) is 0 Å². The van der Waals surface area contributed by atoms with Crippen molar-refractivity contribution in [3.63, 3.8) is 0 Å². The summed E-state index contributed by atoms with van der Waals surface area (Å²) in [7, 11) is 0. The predicted octanol–water partition coefficient (Wildman–Crippen LogP) is 2.46. The maximum absolute atomic E-state index is 6.63. The molecule has 0 saturated heterocycles. The van der Waals surface area contributed by atoms with Gasteiger partial charge in [-0.25, -0.2) is 16.0 Å². The van der Waals surface area contributed by atoms with Gasteiger partial charge in [-0.2, -0.15) is 0 Å². The van der Waals surface area contributed by atoms with Gasteiger partial charge in [0.2, 0.25) is 5.17 Å². The predicted molar refractivity (Wildman–Crippen MR) is 104 cm³/mol. The van der Waals surface area contributed by atoms with Crippen LogP contribution in [0.25, 0.3) is 10.8 Å². The lowest BCUT2D eigenvalue weighted by molar-refractivity contribution is 0.103. The van der Waals surface area contributed by atoms with Crippen LogP contribution in [-0.2, 0) is 18.0 Å². The molecule has 130 valence electrons. The molecule has 0 aliphatic carbocycles. The summed E-state index contributed by atoms with van der Waals surface area (Å²) < 4.78 is 5.65. The van der Waals surface area contributed by atoms with E-state index in [-0.39, 0.29) is 0 Å². The van der Waals surface area contributed by atoms with E-state index in [9.17, 15) is 0 Å². The average molecular weight is 376 g/mol. The zero-order chi connectivity index (χ0) is 17.4. The highest BCUT2D eigenvalue weighted by Gasteiger charge is 2.23. The Morgan fingerprint density at radius 2 is 2.12 bits per heavy atom. The Morgan fingerprint density at radius 1 is 1.28 bits per heavy atom. The summed E-state index contributed by atoms with van der Waals surface area (Å²) in [4.78, 5) is 4.69. The van der Waals surface area contributed by atoms with Crippen LogP contribution < -0.4 is 11.6 Å².